The van der Waals surface area contributed by atoms with Crippen molar-refractivity contribution in [3.8, 4) is 5.75 Å². The molecule has 1 N–H and O–H groups in total. The summed E-state index contributed by atoms with van der Waals surface area (Å²) in [6, 6.07) is 4.15. The molecule has 2 rings (SSSR count). The second kappa shape index (κ2) is 8.25. The van der Waals surface area contributed by atoms with E-state index in [0.717, 1.165) is 0 Å². The average Bonchev–Trinajstić information content (AvgIpc) is 2.60. The SMILES string of the molecule is COc1ccc(NC(=O)CCC(=O)N2CCOCC2)c([N+](=O)[O-])c1. The average molecular weight is 337 g/mol. The lowest BCUT2D eigenvalue weighted by Gasteiger charge is -2.26. The second-order valence-corrected chi connectivity index (χ2v) is 5.18. The van der Waals surface area contributed by atoms with Gasteiger partial charge in [0.1, 0.15) is 11.4 Å². The van der Waals surface area contributed by atoms with Gasteiger partial charge in [-0.05, 0) is 12.1 Å². The summed E-state index contributed by atoms with van der Waals surface area (Å²) in [6.07, 6.45) is 0.00909. The fourth-order valence-corrected chi connectivity index (χ4v) is 2.30. The van der Waals surface area contributed by atoms with Gasteiger partial charge in [0.2, 0.25) is 11.8 Å². The van der Waals surface area contributed by atoms with E-state index in [1.807, 2.05) is 0 Å². The highest BCUT2D eigenvalue weighted by Gasteiger charge is 2.20. The number of amides is 2. The summed E-state index contributed by atoms with van der Waals surface area (Å²) in [7, 11) is 1.40. The fourth-order valence-electron chi connectivity index (χ4n) is 2.30. The van der Waals surface area contributed by atoms with Crippen LogP contribution in [0.4, 0.5) is 11.4 Å². The van der Waals surface area contributed by atoms with Crippen LogP contribution in [0.3, 0.4) is 0 Å². The number of morpholine rings is 1. The number of anilines is 1. The molecule has 1 aliphatic heterocycles. The topological polar surface area (TPSA) is 111 Å². The van der Waals surface area contributed by atoms with Gasteiger partial charge in [0.15, 0.2) is 0 Å². The summed E-state index contributed by atoms with van der Waals surface area (Å²) in [6.45, 7) is 2.03. The van der Waals surface area contributed by atoms with Crippen LogP contribution >= 0.6 is 0 Å². The summed E-state index contributed by atoms with van der Waals surface area (Å²) < 4.78 is 10.1. The Morgan fingerprint density at radius 2 is 2.04 bits per heavy atom. The number of hydrogen-bond acceptors (Lipinski definition) is 6. The zero-order chi connectivity index (χ0) is 17.5. The molecule has 1 saturated heterocycles. The number of benzene rings is 1. The first-order valence-electron chi connectivity index (χ1n) is 7.49. The number of nitro benzene ring substituents is 1. The summed E-state index contributed by atoms with van der Waals surface area (Å²) in [5.74, 6) is -0.259. The van der Waals surface area contributed by atoms with Crippen LogP contribution in [0.15, 0.2) is 18.2 Å². The molecule has 1 aromatic carbocycles. The van der Waals surface area contributed by atoms with Crippen molar-refractivity contribution in [3.05, 3.63) is 28.3 Å². The Balaban J connectivity index is 1.92. The Morgan fingerprint density at radius 1 is 1.33 bits per heavy atom. The number of nitro groups is 1. The van der Waals surface area contributed by atoms with Crippen LogP contribution in [0.25, 0.3) is 0 Å². The monoisotopic (exact) mass is 337 g/mol. The lowest BCUT2D eigenvalue weighted by Crippen LogP contribution is -2.40. The largest absolute Gasteiger partial charge is 0.496 e. The standard InChI is InChI=1S/C15H19N3O6/c1-23-11-2-3-12(13(10-11)18(21)22)16-14(19)4-5-15(20)17-6-8-24-9-7-17/h2-3,10H,4-9H2,1H3,(H,16,19). The van der Waals surface area contributed by atoms with Crippen molar-refractivity contribution in [2.24, 2.45) is 0 Å². The summed E-state index contributed by atoms with van der Waals surface area (Å²) >= 11 is 0. The van der Waals surface area contributed by atoms with Gasteiger partial charge in [-0.1, -0.05) is 0 Å². The van der Waals surface area contributed by atoms with Crippen LogP contribution in [-0.2, 0) is 14.3 Å². The van der Waals surface area contributed by atoms with Gasteiger partial charge in [-0.15, -0.1) is 0 Å². The number of nitrogens with one attached hydrogen (secondary N) is 1. The van der Waals surface area contributed by atoms with Crippen LogP contribution < -0.4 is 10.1 Å². The lowest BCUT2D eigenvalue weighted by molar-refractivity contribution is -0.384. The van der Waals surface area contributed by atoms with E-state index < -0.39 is 10.8 Å². The molecule has 1 aliphatic rings. The fraction of sp³-hybridized carbons (Fsp3) is 0.467. The number of carbonyl (C=O) groups excluding carboxylic acids is 2. The van der Waals surface area contributed by atoms with Gasteiger partial charge in [-0.25, -0.2) is 0 Å². The van der Waals surface area contributed by atoms with Crippen molar-refractivity contribution in [2.45, 2.75) is 12.8 Å². The molecule has 0 unspecified atom stereocenters. The van der Waals surface area contributed by atoms with Gasteiger partial charge in [0.05, 0.1) is 31.3 Å². The van der Waals surface area contributed by atoms with Gasteiger partial charge < -0.3 is 19.7 Å². The molecule has 0 bridgehead atoms. The minimum Gasteiger partial charge on any atom is -0.496 e. The van der Waals surface area contributed by atoms with E-state index in [1.54, 1.807) is 4.90 Å². The predicted molar refractivity (Wildman–Crippen MR) is 84.9 cm³/mol. The Morgan fingerprint density at radius 3 is 2.67 bits per heavy atom. The number of carbonyl (C=O) groups is 2. The van der Waals surface area contributed by atoms with Gasteiger partial charge in [0, 0.05) is 25.9 Å². The van der Waals surface area contributed by atoms with Gasteiger partial charge >= 0.3 is 0 Å². The summed E-state index contributed by atoms with van der Waals surface area (Å²) in [5, 5.41) is 13.5. The highest BCUT2D eigenvalue weighted by molar-refractivity contribution is 5.95. The van der Waals surface area contributed by atoms with Crippen LogP contribution in [0, 0.1) is 10.1 Å². The molecular weight excluding hydrogens is 318 g/mol. The maximum Gasteiger partial charge on any atom is 0.296 e. The normalized spacial score (nSPS) is 14.1. The molecule has 0 aliphatic carbocycles. The first-order chi connectivity index (χ1) is 11.5. The number of nitrogens with zero attached hydrogens (tertiary/aromatic N) is 2. The quantitative estimate of drug-likeness (QED) is 0.616. The zero-order valence-electron chi connectivity index (χ0n) is 13.3. The van der Waals surface area contributed by atoms with Crippen molar-refractivity contribution in [3.63, 3.8) is 0 Å². The first kappa shape index (κ1) is 17.7. The van der Waals surface area contributed by atoms with Crippen LogP contribution in [0.5, 0.6) is 5.75 Å². The highest BCUT2D eigenvalue weighted by atomic mass is 16.6. The van der Waals surface area contributed by atoms with Crippen molar-refractivity contribution in [2.75, 3.05) is 38.7 Å². The van der Waals surface area contributed by atoms with E-state index in [0.29, 0.717) is 32.1 Å². The first-order valence-corrected chi connectivity index (χ1v) is 7.49. The maximum atomic E-state index is 12.0. The molecule has 130 valence electrons. The Kier molecular flexibility index (Phi) is 6.07. The van der Waals surface area contributed by atoms with Crippen molar-refractivity contribution in [1.29, 1.82) is 0 Å². The van der Waals surface area contributed by atoms with Gasteiger partial charge in [0.25, 0.3) is 5.69 Å². The zero-order valence-corrected chi connectivity index (χ0v) is 13.3. The van der Waals surface area contributed by atoms with E-state index in [2.05, 4.69) is 5.32 Å². The molecule has 0 aromatic heterocycles. The third kappa shape index (κ3) is 4.66. The molecule has 0 spiro atoms. The number of ether oxygens (including phenoxy) is 2. The van der Waals surface area contributed by atoms with E-state index in [4.69, 9.17) is 9.47 Å². The van der Waals surface area contributed by atoms with Crippen LogP contribution in [-0.4, -0.2) is 55.1 Å². The molecule has 1 heterocycles. The Bertz CT molecular complexity index is 628. The summed E-state index contributed by atoms with van der Waals surface area (Å²) in [4.78, 5) is 36.1. The molecule has 1 fully saturated rings. The van der Waals surface area contributed by atoms with E-state index in [9.17, 15) is 19.7 Å². The molecule has 1 aromatic rings. The Hall–Kier alpha value is -2.68. The molecule has 2 amide bonds. The lowest BCUT2D eigenvalue weighted by atomic mass is 10.2. The smallest absolute Gasteiger partial charge is 0.296 e. The second-order valence-electron chi connectivity index (χ2n) is 5.18. The Labute approximate surface area is 138 Å². The minimum atomic E-state index is -0.600. The minimum absolute atomic E-state index is 0.0423. The van der Waals surface area contributed by atoms with Gasteiger partial charge in [-0.3, -0.25) is 19.7 Å². The molecule has 9 nitrogen and oxygen atoms in total. The molecule has 0 radical (unpaired) electrons. The van der Waals surface area contributed by atoms with Crippen molar-refractivity contribution in [1.82, 2.24) is 4.90 Å². The van der Waals surface area contributed by atoms with Crippen molar-refractivity contribution >= 4 is 23.2 Å². The summed E-state index contributed by atoms with van der Waals surface area (Å²) in [5.41, 5.74) is -0.188. The van der Waals surface area contributed by atoms with E-state index in [1.165, 1.54) is 25.3 Å². The molecule has 24 heavy (non-hydrogen) atoms. The molecular formula is C15H19N3O6. The highest BCUT2D eigenvalue weighted by Crippen LogP contribution is 2.29. The molecule has 0 atom stereocenters. The number of rotatable bonds is 6. The maximum absolute atomic E-state index is 12.0. The van der Waals surface area contributed by atoms with Crippen LogP contribution in [0.2, 0.25) is 0 Å². The third-order valence-electron chi connectivity index (χ3n) is 3.61. The van der Waals surface area contributed by atoms with Crippen molar-refractivity contribution < 1.29 is 24.0 Å². The predicted octanol–water partition coefficient (Wildman–Crippen LogP) is 1.18. The molecule has 9 heteroatoms. The van der Waals surface area contributed by atoms with E-state index >= 15 is 0 Å². The van der Waals surface area contributed by atoms with Gasteiger partial charge in [-0.2, -0.15) is 0 Å². The van der Waals surface area contributed by atoms with Crippen LogP contribution in [0.1, 0.15) is 12.8 Å². The molecule has 0 saturated carbocycles. The number of hydrogen-bond donors (Lipinski definition) is 1. The third-order valence-corrected chi connectivity index (χ3v) is 3.61. The van der Waals surface area contributed by atoms with E-state index in [-0.39, 0.29) is 30.1 Å². The number of methoxy groups -OCH3 is 1.